The van der Waals surface area contributed by atoms with E-state index in [0.29, 0.717) is 31.1 Å². The van der Waals surface area contributed by atoms with Gasteiger partial charge in [-0.05, 0) is 123 Å². The summed E-state index contributed by atoms with van der Waals surface area (Å²) in [6.45, 7) is 13.7. The van der Waals surface area contributed by atoms with E-state index >= 15 is 0 Å². The Bertz CT molecular complexity index is 2050. The third-order valence-electron chi connectivity index (χ3n) is 9.41. The van der Waals surface area contributed by atoms with E-state index in [9.17, 15) is 9.59 Å². The van der Waals surface area contributed by atoms with Crippen LogP contribution in [0.15, 0.2) is 79.0 Å². The van der Waals surface area contributed by atoms with Crippen molar-refractivity contribution in [1.82, 2.24) is 19.7 Å². The predicted molar refractivity (Wildman–Crippen MR) is 207 cm³/mol. The molecule has 52 heavy (non-hydrogen) atoms. The lowest BCUT2D eigenvalue weighted by Crippen LogP contribution is -2.36. The molecule has 6 rings (SSSR count). The Kier molecular flexibility index (Phi) is 10.8. The largest absolute Gasteiger partial charge is 0.497 e. The number of nitrogens with one attached hydrogen (secondary N) is 2. The maximum absolute atomic E-state index is 13.3. The highest BCUT2D eigenvalue weighted by atomic mass is 16.6. The molecule has 3 heterocycles. The minimum absolute atomic E-state index is 0.00803. The first-order valence-electron chi connectivity index (χ1n) is 18.1. The van der Waals surface area contributed by atoms with E-state index in [1.807, 2.05) is 92.3 Å². The van der Waals surface area contributed by atoms with Gasteiger partial charge in [0.15, 0.2) is 11.5 Å². The lowest BCUT2D eigenvalue weighted by molar-refractivity contribution is 0.0293. The van der Waals surface area contributed by atoms with Crippen LogP contribution in [0.25, 0.3) is 11.0 Å². The summed E-state index contributed by atoms with van der Waals surface area (Å²) in [6.07, 6.45) is 3.75. The van der Waals surface area contributed by atoms with Crippen molar-refractivity contribution in [2.45, 2.75) is 84.9 Å². The van der Waals surface area contributed by atoms with Crippen LogP contribution in [0.2, 0.25) is 0 Å². The summed E-state index contributed by atoms with van der Waals surface area (Å²) < 4.78 is 12.9. The lowest BCUT2D eigenvalue weighted by atomic mass is 9.97. The van der Waals surface area contributed by atoms with Crippen molar-refractivity contribution < 1.29 is 19.1 Å². The normalized spacial score (nSPS) is 14.5. The number of aromatic nitrogens is 3. The van der Waals surface area contributed by atoms with Crippen molar-refractivity contribution in [2.24, 2.45) is 0 Å². The number of amides is 2. The molecule has 0 bridgehead atoms. The van der Waals surface area contributed by atoms with Crippen LogP contribution in [-0.2, 0) is 24.1 Å². The third kappa shape index (κ3) is 8.73. The highest BCUT2D eigenvalue weighted by molar-refractivity contribution is 6.04. The van der Waals surface area contributed by atoms with Crippen molar-refractivity contribution in [3.8, 4) is 5.75 Å². The van der Waals surface area contributed by atoms with Gasteiger partial charge in [-0.1, -0.05) is 44.2 Å². The van der Waals surface area contributed by atoms with E-state index in [-0.39, 0.29) is 18.0 Å². The molecule has 1 saturated heterocycles. The van der Waals surface area contributed by atoms with Gasteiger partial charge in [-0.25, -0.2) is 14.5 Å². The third-order valence-corrected chi connectivity index (χ3v) is 9.41. The minimum atomic E-state index is -0.554. The van der Waals surface area contributed by atoms with Gasteiger partial charge in [0.1, 0.15) is 11.4 Å². The van der Waals surface area contributed by atoms with Crippen molar-refractivity contribution in [2.75, 3.05) is 30.8 Å². The number of likely N-dealkylation sites (tertiary alicyclic amines) is 1. The molecule has 2 N–H and O–H groups in total. The Hall–Kier alpha value is -5.38. The molecule has 0 spiro atoms. The second-order valence-corrected chi connectivity index (χ2v) is 15.0. The molecule has 1 atom stereocenters. The van der Waals surface area contributed by atoms with E-state index in [4.69, 9.17) is 19.6 Å². The van der Waals surface area contributed by atoms with Crippen LogP contribution in [0, 0.1) is 6.92 Å². The zero-order valence-corrected chi connectivity index (χ0v) is 31.3. The molecule has 5 aromatic rings. The van der Waals surface area contributed by atoms with Crippen LogP contribution in [-0.4, -0.2) is 63.5 Å². The summed E-state index contributed by atoms with van der Waals surface area (Å²) >= 11 is 0. The van der Waals surface area contributed by atoms with Gasteiger partial charge in [-0.15, -0.1) is 0 Å². The molecule has 0 saturated carbocycles. The Morgan fingerprint density at radius 2 is 1.77 bits per heavy atom. The summed E-state index contributed by atoms with van der Waals surface area (Å²) in [7, 11) is 1.66. The predicted octanol–water partition coefficient (Wildman–Crippen LogP) is 8.38. The zero-order chi connectivity index (χ0) is 37.0. The minimum Gasteiger partial charge on any atom is -0.497 e. The Balaban J connectivity index is 1.22. The monoisotopic (exact) mass is 702 g/mol. The number of rotatable bonds is 11. The van der Waals surface area contributed by atoms with Gasteiger partial charge in [-0.2, -0.15) is 5.10 Å². The van der Waals surface area contributed by atoms with Gasteiger partial charge in [0, 0.05) is 36.6 Å². The molecule has 10 heteroatoms. The van der Waals surface area contributed by atoms with Gasteiger partial charge in [0.05, 0.1) is 19.0 Å². The van der Waals surface area contributed by atoms with Crippen LogP contribution >= 0.6 is 0 Å². The van der Waals surface area contributed by atoms with Crippen LogP contribution in [0.4, 0.5) is 16.3 Å². The van der Waals surface area contributed by atoms with Crippen LogP contribution < -0.4 is 15.4 Å². The van der Waals surface area contributed by atoms with Crippen LogP contribution in [0.5, 0.6) is 5.75 Å². The first kappa shape index (κ1) is 36.4. The highest BCUT2D eigenvalue weighted by Crippen LogP contribution is 2.30. The van der Waals surface area contributed by atoms with Crippen LogP contribution in [0.1, 0.15) is 85.1 Å². The molecule has 3 aromatic carbocycles. The smallest absolute Gasteiger partial charge is 0.410 e. The van der Waals surface area contributed by atoms with Crippen molar-refractivity contribution in [3.05, 3.63) is 112 Å². The number of fused-ring (bicyclic) bond motifs is 1. The number of anilines is 2. The van der Waals surface area contributed by atoms with E-state index in [2.05, 4.69) is 43.5 Å². The molecule has 1 aliphatic heterocycles. The molecule has 0 radical (unpaired) electrons. The van der Waals surface area contributed by atoms with E-state index in [1.54, 1.807) is 12.0 Å². The van der Waals surface area contributed by atoms with Gasteiger partial charge in [0.25, 0.3) is 5.91 Å². The fraction of sp³-hybridized carbons (Fsp3) is 0.381. The second kappa shape index (κ2) is 15.5. The van der Waals surface area contributed by atoms with Crippen molar-refractivity contribution in [3.63, 3.8) is 0 Å². The molecule has 0 unspecified atom stereocenters. The van der Waals surface area contributed by atoms with E-state index in [0.717, 1.165) is 64.2 Å². The maximum Gasteiger partial charge on any atom is 0.410 e. The number of ether oxygens (including phenoxy) is 2. The summed E-state index contributed by atoms with van der Waals surface area (Å²) in [5.74, 6) is 1.84. The molecular weight excluding hydrogens is 653 g/mol. The summed E-state index contributed by atoms with van der Waals surface area (Å²) in [5, 5.41) is 12.8. The number of hydrogen-bond acceptors (Lipinski definition) is 7. The molecule has 1 aliphatic rings. The average molecular weight is 703 g/mol. The second-order valence-electron chi connectivity index (χ2n) is 15.0. The summed E-state index contributed by atoms with van der Waals surface area (Å²) in [4.78, 5) is 32.7. The van der Waals surface area contributed by atoms with Crippen molar-refractivity contribution >= 4 is 34.5 Å². The molecular formula is C42H50N6O4. The Morgan fingerprint density at radius 1 is 0.981 bits per heavy atom. The van der Waals surface area contributed by atoms with E-state index < -0.39 is 5.60 Å². The highest BCUT2D eigenvalue weighted by Gasteiger charge is 2.31. The average Bonchev–Trinajstić information content (AvgIpc) is 3.72. The quantitative estimate of drug-likeness (QED) is 0.142. The number of nitrogens with zero attached hydrogens (tertiary/aromatic N) is 4. The molecule has 2 amide bonds. The number of hydrogen-bond donors (Lipinski definition) is 2. The topological polar surface area (TPSA) is 111 Å². The van der Waals surface area contributed by atoms with Gasteiger partial charge >= 0.3 is 6.09 Å². The number of aryl methyl sites for hydroxylation is 3. The lowest BCUT2D eigenvalue weighted by Gasteiger charge is -2.24. The van der Waals surface area contributed by atoms with Gasteiger partial charge < -0.3 is 25.0 Å². The van der Waals surface area contributed by atoms with Crippen molar-refractivity contribution in [1.29, 1.82) is 0 Å². The summed E-state index contributed by atoms with van der Waals surface area (Å²) in [5.41, 5.74) is 7.32. The Morgan fingerprint density at radius 3 is 2.48 bits per heavy atom. The first-order valence-corrected chi connectivity index (χ1v) is 18.1. The Labute approximate surface area is 306 Å². The maximum atomic E-state index is 13.3. The molecule has 2 aromatic heterocycles. The van der Waals surface area contributed by atoms with Gasteiger partial charge in [-0.3, -0.25) is 4.79 Å². The molecule has 0 aliphatic carbocycles. The SMILES string of the molecule is COc1ccc(Cn2nc(N[C@@H]3CCN(C(=O)OC(C)(C)C)C3)c3c(CCc4cccc(C(=O)Nc5ccc(C(C)C)c(C)c5)c4)ccnc32)cc1. The van der Waals surface area contributed by atoms with E-state index in [1.165, 1.54) is 11.1 Å². The standard InChI is InChI=1S/C42H50N6O4/c1-27(2)36-18-15-33(23-28(36)3)45-40(49)32-10-8-9-29(24-32)11-14-31-19-21-43-39-37(31)38(46-48(39)25-30-12-16-35(51-7)17-13-30)44-34-20-22-47(26-34)41(50)52-42(4,5)6/h8-10,12-13,15-19,21,23-24,27,34H,11,14,20,22,25-26H2,1-7H3,(H,44,46)(H,45,49)/t34-/m1/s1. The fourth-order valence-electron chi connectivity index (χ4n) is 6.80. The van der Waals surface area contributed by atoms with Crippen LogP contribution in [0.3, 0.4) is 0 Å². The van der Waals surface area contributed by atoms with Gasteiger partial charge in [0.2, 0.25) is 0 Å². The molecule has 1 fully saturated rings. The zero-order valence-electron chi connectivity index (χ0n) is 31.3. The number of carbonyl (C=O) groups excluding carboxylic acids is 2. The summed E-state index contributed by atoms with van der Waals surface area (Å²) in [6, 6.07) is 23.9. The number of methoxy groups -OCH3 is 1. The number of benzene rings is 3. The first-order chi connectivity index (χ1) is 24.9. The molecule has 272 valence electrons. The number of carbonyl (C=O) groups is 2. The number of pyridine rings is 1. The molecule has 10 nitrogen and oxygen atoms in total. The fourth-order valence-corrected chi connectivity index (χ4v) is 6.80.